The first-order valence-electron chi connectivity index (χ1n) is 45.7. The molecular weight excluding hydrogens is 1860 g/mol. The number of aliphatic carboxylic acids is 1. The van der Waals surface area contributed by atoms with Crippen LogP contribution in [0.1, 0.15) is 152 Å². The molecule has 2 aromatic rings. The molecule has 2 fully saturated rings. The number of nitrogens with one attached hydrogen (secondary N) is 24. The summed E-state index contributed by atoms with van der Waals surface area (Å²) in [5.74, 6) is -19.0. The van der Waals surface area contributed by atoms with Crippen LogP contribution in [0, 0.1) is 27.0 Å². The third-order valence-corrected chi connectivity index (χ3v) is 24.2. The minimum Gasteiger partial charge on any atom is -0.508 e. The zero-order valence-corrected chi connectivity index (χ0v) is 79.2. The van der Waals surface area contributed by atoms with Crippen molar-refractivity contribution < 1.29 is 92.0 Å². The van der Waals surface area contributed by atoms with Crippen LogP contribution in [0.4, 0.5) is 9.59 Å². The zero-order chi connectivity index (χ0) is 103. The number of carbonyl (C=O) groups excluding carboxylic acids is 15. The number of carboxylic acids is 1. The first-order chi connectivity index (χ1) is 66.1. The summed E-state index contributed by atoms with van der Waals surface area (Å²) in [5, 5.41) is 120. The van der Waals surface area contributed by atoms with E-state index in [2.05, 4.69) is 101 Å². The van der Waals surface area contributed by atoms with Crippen molar-refractivity contribution in [1.29, 1.82) is 27.0 Å². The normalized spacial score (nSPS) is 20.4. The predicted molar refractivity (Wildman–Crippen MR) is 517 cm³/mol. The van der Waals surface area contributed by atoms with Crippen LogP contribution in [0.25, 0.3) is 0 Å². The lowest BCUT2D eigenvalue weighted by Crippen LogP contribution is -2.61. The quantitative estimate of drug-likeness (QED) is 0.0127. The molecule has 0 saturated carbocycles. The summed E-state index contributed by atoms with van der Waals surface area (Å²) in [4.78, 5) is 235. The zero-order valence-electron chi connectivity index (χ0n) is 77.6. The second kappa shape index (κ2) is 64.2. The van der Waals surface area contributed by atoms with Crippen LogP contribution in [0.15, 0.2) is 48.5 Å². The van der Waals surface area contributed by atoms with Gasteiger partial charge in [-0.3, -0.25) is 89.4 Å². The standard InChI is InChI=1S/C83H141N35O19S2/c84-31-3-1-14-50-67(125)112-56(15-2-4-32-85)75(133)118-40-12-22-62(118)74(132)115-59(42-46-25-29-48(120)30-26-46)71(129)111-53(18-8-35-101-79(91)92)66(124)109-55(20-10-39-105-83(98)137)69(127)116-60(72(130)113-57(76(134)135)21-11-37-103-81(95)96)43-138-139-44-61(73(131)114-58(41-45-23-27-47(119)28-24-45)70(128)110-52(65(123)107-50)17-7-34-100-78(89)90)117-68(126)54(19-9-36-102-80(93)94)108-64(122)51(16-6-33-99-77(87)88)106-63(121)49(86)13-5-38-104-82(97)136/h23-30,49-62,119-120H,1-22,31-44,84-86H2,(H,106,121)(H,107,123)(H,108,122)(H,109,124)(H,110,128)(H,111,129)(H,112,125)(H,113,130)(H,114,131)(H,115,132)(H,116,127)(H,117,126)(H,134,135)(H4,87,88,99)(H4,89,90,100)(H4,91,92,101)(H4,93,94,102)(H4,95,96,103)(H3,97,104,136)(H3,98,105,137)/t49-,50-,51-,52-,53-,54-,55-,56+,57-,58-,59-,60-,61-,62-/m0/s1. The number of fused-ring (bicyclic) bond motifs is 1. The number of amides is 17. The van der Waals surface area contributed by atoms with Crippen molar-refractivity contribution in [2.45, 2.75) is 239 Å². The van der Waals surface area contributed by atoms with Crippen molar-refractivity contribution >= 4 is 146 Å². The smallest absolute Gasteiger partial charge is 0.326 e. The molecule has 0 bridgehead atoms. The fourth-order valence-electron chi connectivity index (χ4n) is 14.5. The Morgan fingerprint density at radius 1 is 0.396 bits per heavy atom. The maximum absolute atomic E-state index is 15.8. The number of phenols is 2. The van der Waals surface area contributed by atoms with E-state index in [4.69, 9.17) is 84.4 Å². The lowest BCUT2D eigenvalue weighted by Gasteiger charge is -2.31. The van der Waals surface area contributed by atoms with Gasteiger partial charge in [0, 0.05) is 76.7 Å². The monoisotopic (exact) mass is 2000 g/mol. The van der Waals surface area contributed by atoms with Crippen LogP contribution in [0.2, 0.25) is 0 Å². The van der Waals surface area contributed by atoms with E-state index in [0.717, 1.165) is 0 Å². The number of rotatable bonds is 49. The molecule has 2 saturated heterocycles. The average molecular weight is 2000 g/mol. The van der Waals surface area contributed by atoms with Gasteiger partial charge in [0.25, 0.3) is 0 Å². The second-order valence-electron chi connectivity index (χ2n) is 33.0. The summed E-state index contributed by atoms with van der Waals surface area (Å²) in [5.41, 5.74) is 57.4. The SMILES string of the molecule is N=C(N)NCCC[C@H](NC(=O)[C@@H]1CSSC[C@H](NC(=O)[C@H](CCCNC(=N)N)NC(=O)[C@H](CCCNC(=N)N)NC(=O)[C@@H](N)CCCNC(N)=O)C(=O)N[C@@H](Cc2ccc(O)cc2)C(=O)N[C@@H](CCCNC(=N)N)C(=O)N[C@@H](CCCCN)C(=O)N[C@H](CCCCN)C(=O)N2CCC[C@H]2C(=O)N[C@@H](Cc2ccc(O)cc2)C(=O)N[C@@H](CCCNC(=N)N)C(=O)N[C@@H](CCCNC(N)=O)C(=O)N1)C(=O)O. The molecule has 0 unspecified atom stereocenters. The number of phenolic OH excluding ortho intramolecular Hbond substituents is 2. The van der Waals surface area contributed by atoms with Gasteiger partial charge in [-0.1, -0.05) is 45.9 Å². The van der Waals surface area contributed by atoms with Crippen molar-refractivity contribution in [2.75, 3.05) is 77.0 Å². The van der Waals surface area contributed by atoms with Crippen LogP contribution in [-0.4, -0.2) is 306 Å². The number of hydrogen-bond donors (Lipinski definition) is 37. The Kier molecular flexibility index (Phi) is 54.2. The van der Waals surface area contributed by atoms with E-state index in [9.17, 15) is 39.3 Å². The summed E-state index contributed by atoms with van der Waals surface area (Å²) in [6.45, 7) is -0.369. The minimum absolute atomic E-state index is 0.00596. The number of nitrogens with zero attached hydrogens (tertiary/aromatic N) is 1. The highest BCUT2D eigenvalue weighted by Crippen LogP contribution is 2.26. The van der Waals surface area contributed by atoms with Crippen LogP contribution < -0.4 is 158 Å². The fourth-order valence-corrected chi connectivity index (χ4v) is 16.8. The number of unbranched alkanes of at least 4 members (excludes halogenated alkanes) is 2. The molecule has 54 nitrogen and oxygen atoms in total. The molecule has 139 heavy (non-hydrogen) atoms. The Bertz CT molecular complexity index is 4440. The second-order valence-corrected chi connectivity index (χ2v) is 35.6. The molecule has 14 atom stereocenters. The summed E-state index contributed by atoms with van der Waals surface area (Å²) < 4.78 is 0. The first-order valence-corrected chi connectivity index (χ1v) is 48.2. The van der Waals surface area contributed by atoms with Gasteiger partial charge < -0.3 is 179 Å². The molecule has 2 aliphatic heterocycles. The third kappa shape index (κ3) is 47.1. The van der Waals surface area contributed by atoms with Crippen molar-refractivity contribution in [2.24, 2.45) is 57.3 Å². The van der Waals surface area contributed by atoms with Gasteiger partial charge in [0.1, 0.15) is 90.0 Å². The van der Waals surface area contributed by atoms with Gasteiger partial charge in [-0.25, -0.2) is 14.4 Å². The topological polar surface area (TPSA) is 945 Å². The molecule has 0 aliphatic carbocycles. The largest absolute Gasteiger partial charge is 0.508 e. The number of benzene rings is 2. The van der Waals surface area contributed by atoms with E-state index >= 15 is 52.7 Å². The van der Waals surface area contributed by atoms with E-state index in [1.165, 1.54) is 53.4 Å². The van der Waals surface area contributed by atoms with E-state index in [1.54, 1.807) is 0 Å². The van der Waals surface area contributed by atoms with Gasteiger partial charge in [-0.05, 0) is 190 Å². The number of urea groups is 2. The molecule has 56 heteroatoms. The first kappa shape index (κ1) is 117. The van der Waals surface area contributed by atoms with Crippen molar-refractivity contribution in [3.63, 3.8) is 0 Å². The van der Waals surface area contributed by atoms with E-state index in [1.807, 2.05) is 0 Å². The number of hydrogen-bond acceptors (Lipinski definition) is 28. The predicted octanol–water partition coefficient (Wildman–Crippen LogP) is -9.03. The maximum Gasteiger partial charge on any atom is 0.326 e. The maximum atomic E-state index is 15.8. The molecule has 0 spiro atoms. The molecule has 2 aromatic carbocycles. The van der Waals surface area contributed by atoms with Crippen LogP contribution >= 0.6 is 21.6 Å². The van der Waals surface area contributed by atoms with Gasteiger partial charge in [-0.2, -0.15) is 0 Å². The number of carboxylic acid groups (broad SMARTS) is 1. The van der Waals surface area contributed by atoms with Crippen molar-refractivity contribution in [3.05, 3.63) is 59.7 Å². The van der Waals surface area contributed by atoms with Gasteiger partial charge in [0.05, 0.1) is 6.04 Å². The summed E-state index contributed by atoms with van der Waals surface area (Å²) in [6.07, 6.45) is -1.85. The summed E-state index contributed by atoms with van der Waals surface area (Å²) in [7, 11) is 1.41. The molecule has 774 valence electrons. The van der Waals surface area contributed by atoms with E-state index < -0.39 is 234 Å². The van der Waals surface area contributed by atoms with Gasteiger partial charge >= 0.3 is 18.0 Å². The number of aromatic hydroxyl groups is 2. The summed E-state index contributed by atoms with van der Waals surface area (Å²) >= 11 is 0. The molecule has 17 amide bonds. The highest BCUT2D eigenvalue weighted by Gasteiger charge is 2.42. The van der Waals surface area contributed by atoms with Crippen LogP contribution in [0.5, 0.6) is 11.5 Å². The minimum atomic E-state index is -1.92. The number of carbonyl (C=O) groups is 16. The number of primary amides is 2. The third-order valence-electron chi connectivity index (χ3n) is 21.8. The Balaban J connectivity index is 2.14. The number of nitrogens with two attached hydrogens (primary N) is 10. The van der Waals surface area contributed by atoms with Gasteiger partial charge in [-0.15, -0.1) is 0 Å². The van der Waals surface area contributed by atoms with Crippen molar-refractivity contribution in [1.82, 2.24) is 106 Å². The molecule has 4 rings (SSSR count). The van der Waals surface area contributed by atoms with E-state index in [-0.39, 0.29) is 211 Å². The highest BCUT2D eigenvalue weighted by atomic mass is 33.1. The lowest BCUT2D eigenvalue weighted by atomic mass is 10.0. The Morgan fingerprint density at radius 2 is 0.741 bits per heavy atom. The molecule has 2 heterocycles. The van der Waals surface area contributed by atoms with Gasteiger partial charge in [0.15, 0.2) is 29.8 Å². The van der Waals surface area contributed by atoms with Gasteiger partial charge in [0.2, 0.25) is 76.8 Å². The van der Waals surface area contributed by atoms with Crippen LogP contribution in [-0.2, 0) is 80.0 Å². The molecule has 0 aromatic heterocycles. The Hall–Kier alpha value is -13.9. The van der Waals surface area contributed by atoms with E-state index in [0.29, 0.717) is 40.0 Å². The molecule has 2 aliphatic rings. The molecular formula is C83H141N35O19S2. The molecule has 47 N–H and O–H groups in total. The average Bonchev–Trinajstić information content (AvgIpc) is 1.64. The Labute approximate surface area is 811 Å². The Morgan fingerprint density at radius 3 is 1.17 bits per heavy atom. The van der Waals surface area contributed by atoms with Crippen LogP contribution in [0.3, 0.4) is 0 Å². The highest BCUT2D eigenvalue weighted by molar-refractivity contribution is 8.76. The molecule has 0 radical (unpaired) electrons. The van der Waals surface area contributed by atoms with Crippen molar-refractivity contribution in [3.8, 4) is 11.5 Å². The number of guanidine groups is 5. The fraction of sp³-hybridized carbons (Fsp3) is 0.602. The lowest BCUT2D eigenvalue weighted by molar-refractivity contribution is -0.142. The summed E-state index contributed by atoms with van der Waals surface area (Å²) in [6, 6.07) is -14.0.